The van der Waals surface area contributed by atoms with Crippen molar-refractivity contribution in [3.63, 3.8) is 0 Å². The fourth-order valence-electron chi connectivity index (χ4n) is 4.38. The number of nitrogens with zero attached hydrogens (tertiary/aromatic N) is 5. The van der Waals surface area contributed by atoms with Gasteiger partial charge in [-0.2, -0.15) is 5.10 Å². The fourth-order valence-corrected chi connectivity index (χ4v) is 4.38. The van der Waals surface area contributed by atoms with Crippen molar-refractivity contribution >= 4 is 17.6 Å². The predicted octanol–water partition coefficient (Wildman–Crippen LogP) is 1.56. The Bertz CT molecular complexity index is 1060. The monoisotopic (exact) mass is 379 g/mol. The number of amides is 2. The van der Waals surface area contributed by atoms with E-state index in [0.29, 0.717) is 31.6 Å². The van der Waals surface area contributed by atoms with E-state index in [-0.39, 0.29) is 18.6 Å². The summed E-state index contributed by atoms with van der Waals surface area (Å²) in [6.07, 6.45) is 5.67. The lowest BCUT2D eigenvalue weighted by Crippen LogP contribution is -2.63. The topological polar surface area (TPSA) is 72.1 Å². The van der Waals surface area contributed by atoms with Crippen LogP contribution in [0.15, 0.2) is 48.9 Å². The zero-order valence-corrected chi connectivity index (χ0v) is 15.6. The minimum Gasteiger partial charge on any atom is -0.447 e. The molecule has 144 valence electrons. The van der Waals surface area contributed by atoms with Crippen LogP contribution in [-0.4, -0.2) is 67.8 Å². The van der Waals surface area contributed by atoms with E-state index in [9.17, 15) is 9.59 Å². The summed E-state index contributed by atoms with van der Waals surface area (Å²) in [4.78, 5) is 29.2. The molecule has 1 atom stereocenters. The highest BCUT2D eigenvalue weighted by Gasteiger charge is 2.51. The molecule has 2 saturated heterocycles. The Morgan fingerprint density at radius 1 is 1.21 bits per heavy atom. The molecule has 0 radical (unpaired) electrons. The Hall–Kier alpha value is -3.29. The summed E-state index contributed by atoms with van der Waals surface area (Å²) in [7, 11) is 1.89. The maximum atomic E-state index is 13.3. The summed E-state index contributed by atoms with van der Waals surface area (Å²) >= 11 is 0. The molecule has 0 saturated carbocycles. The standard InChI is InChI=1S/C20H21N5O3/c1-22-7-10-25-17(22)16(12-21-25)18(26)23-8-9-24-19(27)28-14-20(24,13-23)11-15-5-3-2-4-6-15/h2-7,10,12H,8-9,11,13-14H2,1H3. The maximum Gasteiger partial charge on any atom is 0.410 e. The number of cyclic esters (lactones) is 1. The van der Waals surface area contributed by atoms with Gasteiger partial charge in [0, 0.05) is 45.5 Å². The van der Waals surface area contributed by atoms with E-state index in [1.165, 1.54) is 0 Å². The van der Waals surface area contributed by atoms with Crippen molar-refractivity contribution in [3.05, 3.63) is 60.0 Å². The van der Waals surface area contributed by atoms with Crippen LogP contribution in [0.2, 0.25) is 0 Å². The van der Waals surface area contributed by atoms with Crippen molar-refractivity contribution in [2.24, 2.45) is 7.05 Å². The largest absolute Gasteiger partial charge is 0.447 e. The number of hydrogen-bond acceptors (Lipinski definition) is 4. The average Bonchev–Trinajstić information content (AvgIpc) is 3.38. The number of carbonyl (C=O) groups excluding carboxylic acids is 2. The Balaban J connectivity index is 1.47. The first kappa shape index (κ1) is 16.9. The first-order valence-corrected chi connectivity index (χ1v) is 9.34. The van der Waals surface area contributed by atoms with Gasteiger partial charge in [0.2, 0.25) is 0 Å². The molecule has 0 N–H and O–H groups in total. The normalized spacial score (nSPS) is 21.8. The predicted molar refractivity (Wildman–Crippen MR) is 101 cm³/mol. The van der Waals surface area contributed by atoms with Gasteiger partial charge in [-0.25, -0.2) is 9.31 Å². The molecule has 2 aromatic heterocycles. The van der Waals surface area contributed by atoms with Crippen LogP contribution in [0.1, 0.15) is 15.9 Å². The van der Waals surface area contributed by atoms with Gasteiger partial charge in [0.15, 0.2) is 0 Å². The number of piperazine rings is 1. The number of hydrogen-bond donors (Lipinski definition) is 0. The van der Waals surface area contributed by atoms with Crippen molar-refractivity contribution in [3.8, 4) is 0 Å². The second-order valence-electron chi connectivity index (χ2n) is 7.56. The third-order valence-electron chi connectivity index (χ3n) is 5.76. The number of benzene rings is 1. The van der Waals surface area contributed by atoms with E-state index < -0.39 is 5.54 Å². The lowest BCUT2D eigenvalue weighted by atomic mass is 9.88. The first-order chi connectivity index (χ1) is 13.6. The van der Waals surface area contributed by atoms with E-state index in [0.717, 1.165) is 11.2 Å². The number of fused-ring (bicyclic) bond motifs is 2. The van der Waals surface area contributed by atoms with Gasteiger partial charge in [0.05, 0.1) is 6.20 Å². The van der Waals surface area contributed by atoms with Gasteiger partial charge in [-0.1, -0.05) is 30.3 Å². The van der Waals surface area contributed by atoms with Crippen LogP contribution < -0.4 is 0 Å². The molecule has 1 unspecified atom stereocenters. The quantitative estimate of drug-likeness (QED) is 0.692. The lowest BCUT2D eigenvalue weighted by molar-refractivity contribution is 0.0376. The minimum atomic E-state index is -0.535. The molecule has 0 bridgehead atoms. The van der Waals surface area contributed by atoms with Crippen LogP contribution in [0.5, 0.6) is 0 Å². The second kappa shape index (κ2) is 6.12. The summed E-state index contributed by atoms with van der Waals surface area (Å²) in [5.41, 5.74) is 1.92. The SMILES string of the molecule is Cn1ccn2ncc(C(=O)N3CCN4C(=O)OCC4(Cc4ccccc4)C3)c12. The van der Waals surface area contributed by atoms with Gasteiger partial charge in [-0.15, -0.1) is 0 Å². The highest BCUT2D eigenvalue weighted by molar-refractivity contribution is 6.00. The Kier molecular flexibility index (Phi) is 3.68. The average molecular weight is 379 g/mol. The lowest BCUT2D eigenvalue weighted by Gasteiger charge is -2.44. The van der Waals surface area contributed by atoms with Gasteiger partial charge in [0.25, 0.3) is 5.91 Å². The molecule has 1 aromatic carbocycles. The molecule has 2 amide bonds. The Morgan fingerprint density at radius 2 is 2.04 bits per heavy atom. The van der Waals surface area contributed by atoms with Crippen molar-refractivity contribution in [1.82, 2.24) is 24.0 Å². The number of carbonyl (C=O) groups is 2. The van der Waals surface area contributed by atoms with Crippen molar-refractivity contribution in [1.29, 1.82) is 0 Å². The van der Waals surface area contributed by atoms with E-state index >= 15 is 0 Å². The van der Waals surface area contributed by atoms with E-state index in [4.69, 9.17) is 4.74 Å². The molecule has 2 fully saturated rings. The van der Waals surface area contributed by atoms with Crippen LogP contribution in [-0.2, 0) is 18.2 Å². The van der Waals surface area contributed by atoms with Crippen LogP contribution >= 0.6 is 0 Å². The molecule has 4 heterocycles. The number of ether oxygens (including phenoxy) is 1. The molecule has 3 aromatic rings. The Morgan fingerprint density at radius 3 is 2.86 bits per heavy atom. The van der Waals surface area contributed by atoms with E-state index in [1.807, 2.05) is 59.2 Å². The van der Waals surface area contributed by atoms with Crippen LogP contribution in [0.25, 0.3) is 5.65 Å². The van der Waals surface area contributed by atoms with E-state index in [1.54, 1.807) is 15.6 Å². The molecule has 8 heteroatoms. The summed E-state index contributed by atoms with van der Waals surface area (Å²) in [5.74, 6) is -0.0664. The minimum absolute atomic E-state index is 0.0664. The highest BCUT2D eigenvalue weighted by atomic mass is 16.6. The number of imidazole rings is 1. The van der Waals surface area contributed by atoms with Gasteiger partial charge < -0.3 is 14.2 Å². The Labute approximate surface area is 161 Å². The summed E-state index contributed by atoms with van der Waals surface area (Å²) < 4.78 is 8.99. The first-order valence-electron chi connectivity index (χ1n) is 9.34. The summed E-state index contributed by atoms with van der Waals surface area (Å²) in [5, 5.41) is 4.28. The van der Waals surface area contributed by atoms with E-state index in [2.05, 4.69) is 5.10 Å². The van der Waals surface area contributed by atoms with Crippen molar-refractivity contribution in [2.75, 3.05) is 26.2 Å². The molecule has 0 aliphatic carbocycles. The van der Waals surface area contributed by atoms with Gasteiger partial charge in [-0.05, 0) is 5.56 Å². The van der Waals surface area contributed by atoms with Crippen LogP contribution in [0, 0.1) is 0 Å². The highest BCUT2D eigenvalue weighted by Crippen LogP contribution is 2.33. The van der Waals surface area contributed by atoms with Gasteiger partial charge in [-0.3, -0.25) is 9.69 Å². The zero-order valence-electron chi connectivity index (χ0n) is 15.6. The number of rotatable bonds is 3. The van der Waals surface area contributed by atoms with Gasteiger partial charge >= 0.3 is 6.09 Å². The molecule has 2 aliphatic rings. The number of aromatic nitrogens is 3. The number of aryl methyl sites for hydroxylation is 1. The molecular formula is C20H21N5O3. The fraction of sp³-hybridized carbons (Fsp3) is 0.350. The zero-order chi connectivity index (χ0) is 19.3. The molecule has 8 nitrogen and oxygen atoms in total. The maximum absolute atomic E-state index is 13.3. The van der Waals surface area contributed by atoms with Crippen LogP contribution in [0.4, 0.5) is 4.79 Å². The summed E-state index contributed by atoms with van der Waals surface area (Å²) in [6.45, 7) is 1.67. The van der Waals surface area contributed by atoms with Gasteiger partial charge in [0.1, 0.15) is 23.4 Å². The molecule has 2 aliphatic heterocycles. The smallest absolute Gasteiger partial charge is 0.410 e. The van der Waals surface area contributed by atoms with Crippen molar-refractivity contribution in [2.45, 2.75) is 12.0 Å². The molecular weight excluding hydrogens is 358 g/mol. The third kappa shape index (κ3) is 2.48. The van der Waals surface area contributed by atoms with Crippen molar-refractivity contribution < 1.29 is 14.3 Å². The van der Waals surface area contributed by atoms with Crippen LogP contribution in [0.3, 0.4) is 0 Å². The summed E-state index contributed by atoms with van der Waals surface area (Å²) in [6, 6.07) is 10.0. The molecule has 0 spiro atoms. The molecule has 5 rings (SSSR count). The second-order valence-corrected chi connectivity index (χ2v) is 7.56. The third-order valence-corrected chi connectivity index (χ3v) is 5.76. The molecule has 28 heavy (non-hydrogen) atoms.